The number of carbonyl (C=O) groups is 3. The van der Waals surface area contributed by atoms with Crippen molar-refractivity contribution < 1.29 is 19.5 Å². The van der Waals surface area contributed by atoms with E-state index in [0.717, 1.165) is 5.56 Å². The van der Waals surface area contributed by atoms with E-state index in [-0.39, 0.29) is 0 Å². The van der Waals surface area contributed by atoms with Gasteiger partial charge in [0, 0.05) is 16.9 Å². The van der Waals surface area contributed by atoms with Gasteiger partial charge in [-0.1, -0.05) is 48.5 Å². The lowest BCUT2D eigenvalue weighted by molar-refractivity contribution is -0.138. The van der Waals surface area contributed by atoms with Crippen molar-refractivity contribution in [2.45, 2.75) is 12.3 Å². The van der Waals surface area contributed by atoms with Gasteiger partial charge in [-0.15, -0.1) is 0 Å². The first kappa shape index (κ1) is 20.6. The monoisotopic (exact) mass is 403 g/mol. The van der Waals surface area contributed by atoms with Crippen LogP contribution in [0.4, 0.5) is 16.2 Å². The SMILES string of the molecule is NC(=O)Nc1cccc(C(=O)Nc2cccc(C(Cc3ccccc3)C(=O)O)c2)c1. The minimum Gasteiger partial charge on any atom is -0.481 e. The predicted octanol–water partition coefficient (Wildman–Crippen LogP) is 3.84. The van der Waals surface area contributed by atoms with Crippen LogP contribution in [0.2, 0.25) is 0 Å². The van der Waals surface area contributed by atoms with E-state index < -0.39 is 23.8 Å². The van der Waals surface area contributed by atoms with Crippen LogP contribution in [-0.4, -0.2) is 23.0 Å². The van der Waals surface area contributed by atoms with Crippen LogP contribution in [0.25, 0.3) is 0 Å². The third-order valence-corrected chi connectivity index (χ3v) is 4.52. The Kier molecular flexibility index (Phi) is 6.44. The van der Waals surface area contributed by atoms with Crippen LogP contribution in [-0.2, 0) is 11.2 Å². The van der Waals surface area contributed by atoms with Crippen molar-refractivity contribution in [3.05, 3.63) is 95.6 Å². The summed E-state index contributed by atoms with van der Waals surface area (Å²) in [4.78, 5) is 35.4. The number of hydrogen-bond donors (Lipinski definition) is 4. The maximum Gasteiger partial charge on any atom is 0.316 e. The number of rotatable bonds is 7. The van der Waals surface area contributed by atoms with E-state index in [9.17, 15) is 19.5 Å². The van der Waals surface area contributed by atoms with Gasteiger partial charge >= 0.3 is 12.0 Å². The molecule has 30 heavy (non-hydrogen) atoms. The molecule has 0 heterocycles. The maximum absolute atomic E-state index is 12.6. The molecule has 0 saturated heterocycles. The molecule has 0 aromatic heterocycles. The first-order valence-corrected chi connectivity index (χ1v) is 9.27. The van der Waals surface area contributed by atoms with Gasteiger partial charge in [-0.3, -0.25) is 9.59 Å². The number of nitrogens with two attached hydrogens (primary N) is 1. The van der Waals surface area contributed by atoms with Gasteiger partial charge in [0.05, 0.1) is 5.92 Å². The average Bonchev–Trinajstić information content (AvgIpc) is 2.72. The van der Waals surface area contributed by atoms with Gasteiger partial charge in [0.25, 0.3) is 5.91 Å². The molecular formula is C23H21N3O4. The fourth-order valence-electron chi connectivity index (χ4n) is 3.11. The van der Waals surface area contributed by atoms with E-state index in [1.807, 2.05) is 30.3 Å². The van der Waals surface area contributed by atoms with Crippen LogP contribution >= 0.6 is 0 Å². The highest BCUT2D eigenvalue weighted by Gasteiger charge is 2.21. The van der Waals surface area contributed by atoms with Gasteiger partial charge in [-0.25, -0.2) is 4.79 Å². The molecule has 7 heteroatoms. The molecule has 0 fully saturated rings. The normalized spacial score (nSPS) is 11.3. The minimum absolute atomic E-state index is 0.325. The molecule has 0 saturated carbocycles. The summed E-state index contributed by atoms with van der Waals surface area (Å²) in [6.45, 7) is 0. The number of amides is 3. The van der Waals surface area contributed by atoms with Crippen molar-refractivity contribution in [3.8, 4) is 0 Å². The molecule has 5 N–H and O–H groups in total. The highest BCUT2D eigenvalue weighted by Crippen LogP contribution is 2.24. The van der Waals surface area contributed by atoms with Crippen LogP contribution in [0.5, 0.6) is 0 Å². The molecule has 0 aliphatic heterocycles. The predicted molar refractivity (Wildman–Crippen MR) is 115 cm³/mol. The number of urea groups is 1. The van der Waals surface area contributed by atoms with Gasteiger partial charge < -0.3 is 21.5 Å². The van der Waals surface area contributed by atoms with E-state index >= 15 is 0 Å². The number of nitrogens with one attached hydrogen (secondary N) is 2. The molecular weight excluding hydrogens is 382 g/mol. The number of carboxylic acid groups (broad SMARTS) is 1. The smallest absolute Gasteiger partial charge is 0.316 e. The summed E-state index contributed by atoms with van der Waals surface area (Å²) in [7, 11) is 0. The second-order valence-corrected chi connectivity index (χ2v) is 6.73. The third kappa shape index (κ3) is 5.45. The van der Waals surface area contributed by atoms with Gasteiger partial charge in [0.2, 0.25) is 0 Å². The largest absolute Gasteiger partial charge is 0.481 e. The van der Waals surface area contributed by atoms with Crippen molar-refractivity contribution in [1.82, 2.24) is 0 Å². The van der Waals surface area contributed by atoms with Gasteiger partial charge in [0.15, 0.2) is 0 Å². The number of primary amides is 1. The number of aliphatic carboxylic acids is 1. The number of hydrogen-bond acceptors (Lipinski definition) is 3. The summed E-state index contributed by atoms with van der Waals surface area (Å²) in [6, 6.07) is 21.8. The van der Waals surface area contributed by atoms with Crippen LogP contribution in [0.15, 0.2) is 78.9 Å². The molecule has 0 spiro atoms. The second kappa shape index (κ2) is 9.38. The van der Waals surface area contributed by atoms with Crippen LogP contribution in [0.1, 0.15) is 27.4 Å². The Hall–Kier alpha value is -4.13. The fourth-order valence-corrected chi connectivity index (χ4v) is 3.11. The lowest BCUT2D eigenvalue weighted by Crippen LogP contribution is -2.20. The maximum atomic E-state index is 12.6. The van der Waals surface area contributed by atoms with E-state index in [1.54, 1.807) is 42.5 Å². The summed E-state index contributed by atoms with van der Waals surface area (Å²) in [6.07, 6.45) is 0.342. The van der Waals surface area contributed by atoms with Crippen LogP contribution in [0.3, 0.4) is 0 Å². The zero-order valence-corrected chi connectivity index (χ0v) is 16.0. The highest BCUT2D eigenvalue weighted by molar-refractivity contribution is 6.05. The zero-order valence-electron chi connectivity index (χ0n) is 16.0. The Morgan fingerprint density at radius 1 is 0.833 bits per heavy atom. The van der Waals surface area contributed by atoms with Crippen LogP contribution in [0, 0.1) is 0 Å². The Labute approximate surface area is 173 Å². The lowest BCUT2D eigenvalue weighted by atomic mass is 9.92. The molecule has 3 aromatic rings. The summed E-state index contributed by atoms with van der Waals surface area (Å²) >= 11 is 0. The average molecular weight is 403 g/mol. The molecule has 3 rings (SSSR count). The number of benzene rings is 3. The van der Waals surface area contributed by atoms with Crippen molar-refractivity contribution >= 4 is 29.3 Å². The summed E-state index contributed by atoms with van der Waals surface area (Å²) in [5.41, 5.74) is 7.81. The van der Waals surface area contributed by atoms with Crippen LogP contribution < -0.4 is 16.4 Å². The molecule has 3 aromatic carbocycles. The molecule has 0 aliphatic carbocycles. The molecule has 3 amide bonds. The van der Waals surface area contributed by atoms with Crippen molar-refractivity contribution in [2.75, 3.05) is 10.6 Å². The summed E-state index contributed by atoms with van der Waals surface area (Å²) < 4.78 is 0. The van der Waals surface area contributed by atoms with E-state index in [0.29, 0.717) is 28.9 Å². The van der Waals surface area contributed by atoms with E-state index in [2.05, 4.69) is 10.6 Å². The molecule has 7 nitrogen and oxygen atoms in total. The number of anilines is 2. The first-order valence-electron chi connectivity index (χ1n) is 9.27. The Bertz CT molecular complexity index is 1070. The molecule has 0 bridgehead atoms. The highest BCUT2D eigenvalue weighted by atomic mass is 16.4. The van der Waals surface area contributed by atoms with E-state index in [1.165, 1.54) is 6.07 Å². The Balaban J connectivity index is 1.78. The molecule has 0 radical (unpaired) electrons. The van der Waals surface area contributed by atoms with Crippen molar-refractivity contribution in [3.63, 3.8) is 0 Å². The Morgan fingerprint density at radius 2 is 1.50 bits per heavy atom. The topological polar surface area (TPSA) is 122 Å². The Morgan fingerprint density at radius 3 is 2.17 bits per heavy atom. The third-order valence-electron chi connectivity index (χ3n) is 4.52. The molecule has 1 unspecified atom stereocenters. The van der Waals surface area contributed by atoms with Gasteiger partial charge in [0.1, 0.15) is 0 Å². The number of carbonyl (C=O) groups excluding carboxylic acids is 2. The van der Waals surface area contributed by atoms with Crippen molar-refractivity contribution in [2.24, 2.45) is 5.73 Å². The quantitative estimate of drug-likeness (QED) is 0.479. The summed E-state index contributed by atoms with van der Waals surface area (Å²) in [5, 5.41) is 14.9. The number of carboxylic acids is 1. The van der Waals surface area contributed by atoms with E-state index in [4.69, 9.17) is 5.73 Å². The minimum atomic E-state index is -0.937. The summed E-state index contributed by atoms with van der Waals surface area (Å²) in [5.74, 6) is -2.07. The van der Waals surface area contributed by atoms with Gasteiger partial charge in [-0.05, 0) is 47.9 Å². The molecule has 152 valence electrons. The van der Waals surface area contributed by atoms with Gasteiger partial charge in [-0.2, -0.15) is 0 Å². The lowest BCUT2D eigenvalue weighted by Gasteiger charge is -2.15. The molecule has 0 aliphatic rings. The second-order valence-electron chi connectivity index (χ2n) is 6.73. The fraction of sp³-hybridized carbons (Fsp3) is 0.0870. The first-order chi connectivity index (χ1) is 14.4. The standard InChI is InChI=1S/C23H21N3O4/c24-23(30)26-19-11-5-9-17(14-19)21(27)25-18-10-4-8-16(13-18)20(22(28)29)12-15-6-2-1-3-7-15/h1-11,13-14,20H,12H2,(H,25,27)(H,28,29)(H3,24,26,30). The molecule has 1 atom stereocenters. The van der Waals surface area contributed by atoms with Crippen molar-refractivity contribution in [1.29, 1.82) is 0 Å². The zero-order chi connectivity index (χ0) is 21.5.